The summed E-state index contributed by atoms with van der Waals surface area (Å²) in [5.74, 6) is -3.25. The van der Waals surface area contributed by atoms with Gasteiger partial charge in [-0.15, -0.1) is 0 Å². The van der Waals surface area contributed by atoms with Crippen molar-refractivity contribution in [1.82, 2.24) is 0 Å². The SMILES string of the molecule is CCC(C)CC(=O)OCC(C)C(c1ccc(OC(=O)OCC(C)(C)C)c(OC(=O)OCC(C)(C)C)c1)[C@H](N)C(=O)O. The van der Waals surface area contributed by atoms with E-state index >= 15 is 0 Å². The van der Waals surface area contributed by atoms with E-state index in [-0.39, 0.29) is 54.5 Å². The Bertz CT molecular complexity index is 1040. The molecule has 41 heavy (non-hydrogen) atoms. The number of carboxylic acids is 1. The first kappa shape index (κ1) is 35.7. The number of carboxylic acid groups (broad SMARTS) is 1. The van der Waals surface area contributed by atoms with E-state index in [0.29, 0.717) is 5.56 Å². The molecule has 1 aromatic rings. The molecule has 0 aliphatic carbocycles. The van der Waals surface area contributed by atoms with E-state index in [1.807, 2.05) is 55.4 Å². The number of rotatable bonds is 13. The van der Waals surface area contributed by atoms with Gasteiger partial charge in [0.05, 0.1) is 19.8 Å². The van der Waals surface area contributed by atoms with Gasteiger partial charge >= 0.3 is 24.2 Å². The summed E-state index contributed by atoms with van der Waals surface area (Å²) in [6.07, 6.45) is -1.00. The number of hydrogen-bond acceptors (Lipinski definition) is 10. The van der Waals surface area contributed by atoms with Crippen molar-refractivity contribution < 1.29 is 48.0 Å². The molecule has 4 atom stereocenters. The molecule has 0 aliphatic rings. The van der Waals surface area contributed by atoms with E-state index in [2.05, 4.69) is 0 Å². The van der Waals surface area contributed by atoms with Crippen LogP contribution in [-0.4, -0.2) is 55.2 Å². The maximum atomic E-state index is 12.5. The van der Waals surface area contributed by atoms with Gasteiger partial charge in [-0.2, -0.15) is 0 Å². The summed E-state index contributed by atoms with van der Waals surface area (Å²) in [6, 6.07) is 2.83. The second kappa shape index (κ2) is 15.6. The molecular weight excluding hydrogens is 534 g/mol. The van der Waals surface area contributed by atoms with Gasteiger partial charge in [-0.05, 0) is 40.4 Å². The van der Waals surface area contributed by atoms with Crippen molar-refractivity contribution in [2.45, 2.75) is 87.1 Å². The van der Waals surface area contributed by atoms with Crippen LogP contribution in [-0.2, 0) is 23.8 Å². The third-order valence-corrected chi connectivity index (χ3v) is 5.99. The molecule has 0 aromatic heterocycles. The van der Waals surface area contributed by atoms with Crippen LogP contribution in [0.5, 0.6) is 11.5 Å². The van der Waals surface area contributed by atoms with Gasteiger partial charge in [-0.3, -0.25) is 9.59 Å². The zero-order valence-electron chi connectivity index (χ0n) is 25.8. The summed E-state index contributed by atoms with van der Waals surface area (Å²) in [5, 5.41) is 9.73. The highest BCUT2D eigenvalue weighted by atomic mass is 16.7. The lowest BCUT2D eigenvalue weighted by Crippen LogP contribution is -2.40. The summed E-state index contributed by atoms with van der Waals surface area (Å²) >= 11 is 0. The molecule has 11 heteroatoms. The van der Waals surface area contributed by atoms with Crippen LogP contribution in [0, 0.1) is 22.7 Å². The minimum Gasteiger partial charge on any atom is -0.480 e. The molecule has 0 fully saturated rings. The van der Waals surface area contributed by atoms with Crippen LogP contribution in [0.25, 0.3) is 0 Å². The summed E-state index contributed by atoms with van der Waals surface area (Å²) in [7, 11) is 0. The fourth-order valence-corrected chi connectivity index (χ4v) is 3.54. The first-order valence-electron chi connectivity index (χ1n) is 13.8. The van der Waals surface area contributed by atoms with Crippen LogP contribution < -0.4 is 15.2 Å². The highest BCUT2D eigenvalue weighted by Gasteiger charge is 2.33. The fourth-order valence-electron chi connectivity index (χ4n) is 3.54. The van der Waals surface area contributed by atoms with E-state index in [4.69, 9.17) is 29.4 Å². The Kier molecular flexibility index (Phi) is 13.6. The summed E-state index contributed by atoms with van der Waals surface area (Å²) < 4.78 is 26.5. The molecule has 1 rings (SSSR count). The third kappa shape index (κ3) is 13.7. The van der Waals surface area contributed by atoms with E-state index in [0.717, 1.165) is 6.42 Å². The van der Waals surface area contributed by atoms with Gasteiger partial charge in [0.15, 0.2) is 11.5 Å². The van der Waals surface area contributed by atoms with Crippen molar-refractivity contribution in [3.63, 3.8) is 0 Å². The van der Waals surface area contributed by atoms with Crippen LogP contribution in [0.3, 0.4) is 0 Å². The van der Waals surface area contributed by atoms with Gasteiger partial charge in [0.2, 0.25) is 0 Å². The third-order valence-electron chi connectivity index (χ3n) is 5.99. The van der Waals surface area contributed by atoms with Crippen LogP contribution in [0.2, 0.25) is 0 Å². The monoisotopic (exact) mass is 581 g/mol. The number of carbonyl (C=O) groups excluding carboxylic acids is 3. The second-order valence-electron chi connectivity index (χ2n) is 12.9. The minimum absolute atomic E-state index is 0.0565. The molecule has 1 aromatic carbocycles. The number of ether oxygens (including phenoxy) is 5. The molecule has 0 heterocycles. The largest absolute Gasteiger partial charge is 0.513 e. The van der Waals surface area contributed by atoms with Gasteiger partial charge in [0, 0.05) is 12.3 Å². The average molecular weight is 582 g/mol. The van der Waals surface area contributed by atoms with Crippen molar-refractivity contribution in [3.8, 4) is 11.5 Å². The first-order chi connectivity index (χ1) is 18.8. The average Bonchev–Trinajstić information content (AvgIpc) is 2.85. The van der Waals surface area contributed by atoms with Crippen LogP contribution >= 0.6 is 0 Å². The van der Waals surface area contributed by atoms with Crippen LogP contribution in [0.15, 0.2) is 18.2 Å². The van der Waals surface area contributed by atoms with Crippen molar-refractivity contribution in [2.24, 2.45) is 28.4 Å². The Morgan fingerprint density at radius 1 is 0.854 bits per heavy atom. The Balaban J connectivity index is 3.34. The van der Waals surface area contributed by atoms with Crippen molar-refractivity contribution in [1.29, 1.82) is 0 Å². The zero-order chi connectivity index (χ0) is 31.5. The topological polar surface area (TPSA) is 161 Å². The minimum atomic E-state index is -1.39. The van der Waals surface area contributed by atoms with E-state index in [1.54, 1.807) is 6.92 Å². The number of esters is 1. The zero-order valence-corrected chi connectivity index (χ0v) is 25.8. The normalized spacial score (nSPS) is 14.7. The molecule has 0 bridgehead atoms. The molecule has 0 aliphatic heterocycles. The molecule has 3 N–H and O–H groups in total. The molecule has 232 valence electrons. The lowest BCUT2D eigenvalue weighted by atomic mass is 9.82. The summed E-state index contributed by atoms with van der Waals surface area (Å²) in [5.41, 5.74) is 5.78. The van der Waals surface area contributed by atoms with Crippen molar-refractivity contribution in [2.75, 3.05) is 19.8 Å². The smallest absolute Gasteiger partial charge is 0.480 e. The summed E-state index contributed by atoms with van der Waals surface area (Å²) in [4.78, 5) is 49.0. The molecule has 0 spiro atoms. The molecular formula is C30H47NO10. The van der Waals surface area contributed by atoms with Gasteiger partial charge in [-0.1, -0.05) is 74.8 Å². The Labute approximate surface area is 243 Å². The first-order valence-corrected chi connectivity index (χ1v) is 13.8. The van der Waals surface area contributed by atoms with Crippen molar-refractivity contribution in [3.05, 3.63) is 23.8 Å². The van der Waals surface area contributed by atoms with Gasteiger partial charge < -0.3 is 34.5 Å². The fraction of sp³-hybridized carbons (Fsp3) is 0.667. The molecule has 0 radical (unpaired) electrons. The van der Waals surface area contributed by atoms with Crippen molar-refractivity contribution >= 4 is 24.2 Å². The number of carbonyl (C=O) groups is 4. The predicted molar refractivity (Wildman–Crippen MR) is 152 cm³/mol. The number of aliphatic carboxylic acids is 1. The molecule has 11 nitrogen and oxygen atoms in total. The maximum Gasteiger partial charge on any atom is 0.513 e. The predicted octanol–water partition coefficient (Wildman–Crippen LogP) is 5.92. The van der Waals surface area contributed by atoms with Crippen LogP contribution in [0.4, 0.5) is 9.59 Å². The highest BCUT2D eigenvalue weighted by Crippen LogP contribution is 2.36. The summed E-state index contributed by atoms with van der Waals surface area (Å²) in [6.45, 7) is 16.9. The molecule has 0 amide bonds. The molecule has 3 unspecified atom stereocenters. The Hall–Kier alpha value is -3.34. The van der Waals surface area contributed by atoms with Crippen LogP contribution in [0.1, 0.15) is 86.6 Å². The number of benzene rings is 1. The lowest BCUT2D eigenvalue weighted by molar-refractivity contribution is -0.146. The van der Waals surface area contributed by atoms with Gasteiger partial charge in [0.25, 0.3) is 0 Å². The lowest BCUT2D eigenvalue weighted by Gasteiger charge is -2.28. The number of hydrogen-bond donors (Lipinski definition) is 2. The Morgan fingerprint density at radius 2 is 1.37 bits per heavy atom. The van der Waals surface area contributed by atoms with E-state index < -0.39 is 42.1 Å². The Morgan fingerprint density at radius 3 is 1.83 bits per heavy atom. The standard InChI is InChI=1S/C30H47NO10/c1-10-18(2)13-23(32)37-15-19(3)24(25(31)26(33)34)20-11-12-21(40-27(35)38-16-29(4,5)6)22(14-20)41-28(36)39-17-30(7,8)9/h11-12,14,18-19,24-25H,10,13,15-17,31H2,1-9H3,(H,33,34)/t18?,19?,24?,25-/m0/s1. The second-order valence-corrected chi connectivity index (χ2v) is 12.9. The van der Waals surface area contributed by atoms with Gasteiger partial charge in [0.1, 0.15) is 6.04 Å². The van der Waals surface area contributed by atoms with E-state index in [9.17, 15) is 24.3 Å². The molecule has 0 saturated heterocycles. The highest BCUT2D eigenvalue weighted by molar-refractivity contribution is 5.75. The van der Waals surface area contributed by atoms with Gasteiger partial charge in [-0.25, -0.2) is 9.59 Å². The number of nitrogens with two attached hydrogens (primary N) is 1. The maximum absolute atomic E-state index is 12.5. The quantitative estimate of drug-likeness (QED) is 0.162. The molecule has 0 saturated carbocycles. The van der Waals surface area contributed by atoms with E-state index in [1.165, 1.54) is 18.2 Å².